The molecular weight excluding hydrogens is 216 g/mol. The highest BCUT2D eigenvalue weighted by Gasteiger charge is 2.16. The number of H-pyrrole nitrogens is 1. The van der Waals surface area contributed by atoms with Crippen molar-refractivity contribution in [1.82, 2.24) is 9.88 Å². The molecule has 0 bridgehead atoms. The summed E-state index contributed by atoms with van der Waals surface area (Å²) < 4.78 is 0. The second-order valence-corrected chi connectivity index (χ2v) is 3.72. The third-order valence-corrected chi connectivity index (χ3v) is 2.64. The highest BCUT2D eigenvalue weighted by molar-refractivity contribution is 6.06. The molecule has 3 N–H and O–H groups in total. The van der Waals surface area contributed by atoms with Crippen LogP contribution in [-0.4, -0.2) is 35.8 Å². The summed E-state index contributed by atoms with van der Waals surface area (Å²) in [6, 6.07) is 9.51. The lowest BCUT2D eigenvalue weighted by Crippen LogP contribution is -2.38. The molecule has 0 saturated carbocycles. The van der Waals surface area contributed by atoms with Gasteiger partial charge in [-0.1, -0.05) is 18.2 Å². The van der Waals surface area contributed by atoms with Crippen molar-refractivity contribution in [2.45, 2.75) is 0 Å². The average molecular weight is 230 g/mol. The van der Waals surface area contributed by atoms with Gasteiger partial charge in [0, 0.05) is 25.0 Å². The third kappa shape index (κ3) is 1.99. The van der Waals surface area contributed by atoms with Crippen LogP contribution >= 0.6 is 0 Å². The van der Waals surface area contributed by atoms with Gasteiger partial charge in [-0.25, -0.2) is 0 Å². The quantitative estimate of drug-likeness (QED) is 0.570. The van der Waals surface area contributed by atoms with Crippen LogP contribution < -0.4 is 5.73 Å². The number of fused-ring (bicyclic) bond motifs is 1. The fourth-order valence-corrected chi connectivity index (χ4v) is 1.62. The van der Waals surface area contributed by atoms with Gasteiger partial charge in [0.2, 0.25) is 0 Å². The van der Waals surface area contributed by atoms with E-state index in [4.69, 9.17) is 5.73 Å². The molecule has 88 valence electrons. The maximum atomic E-state index is 12.0. The van der Waals surface area contributed by atoms with Crippen molar-refractivity contribution in [3.63, 3.8) is 0 Å². The number of carbonyl (C=O) groups excluding carboxylic acids is 1. The lowest BCUT2D eigenvalue weighted by molar-refractivity contribution is 0.0865. The molecule has 0 spiro atoms. The maximum Gasteiger partial charge on any atom is 0.276 e. The number of hydrogen-bond acceptors (Lipinski definition) is 2. The molecule has 1 amide bonds. The van der Waals surface area contributed by atoms with Crippen molar-refractivity contribution in [3.05, 3.63) is 36.0 Å². The average Bonchev–Trinajstić information content (AvgIpc) is 2.79. The Labute approximate surface area is 98.9 Å². The first-order valence-corrected chi connectivity index (χ1v) is 5.21. The van der Waals surface area contributed by atoms with Gasteiger partial charge in [0.05, 0.1) is 0 Å². The number of nitrogens with zero attached hydrogens (tertiary/aromatic N) is 2. The van der Waals surface area contributed by atoms with Gasteiger partial charge in [0.25, 0.3) is 5.91 Å². The van der Waals surface area contributed by atoms with E-state index in [1.165, 1.54) is 4.90 Å². The van der Waals surface area contributed by atoms with Gasteiger partial charge >= 0.3 is 0 Å². The number of carbonyl (C=O) groups is 1. The number of benzene rings is 1. The minimum Gasteiger partial charge on any atom is -0.369 e. The van der Waals surface area contributed by atoms with Crippen molar-refractivity contribution in [2.75, 3.05) is 14.1 Å². The summed E-state index contributed by atoms with van der Waals surface area (Å²) in [7, 11) is 3.14. The van der Waals surface area contributed by atoms with E-state index in [9.17, 15) is 4.79 Å². The van der Waals surface area contributed by atoms with E-state index < -0.39 is 0 Å². The monoisotopic (exact) mass is 230 g/mol. The first-order chi connectivity index (χ1) is 8.13. The summed E-state index contributed by atoms with van der Waals surface area (Å²) >= 11 is 0. The summed E-state index contributed by atoms with van der Waals surface area (Å²) in [5.41, 5.74) is 7.02. The predicted octanol–water partition coefficient (Wildman–Crippen LogP) is 1.18. The van der Waals surface area contributed by atoms with E-state index in [-0.39, 0.29) is 11.9 Å². The zero-order chi connectivity index (χ0) is 12.4. The number of rotatable bonds is 1. The molecule has 0 aliphatic carbocycles. The maximum absolute atomic E-state index is 12.0. The molecule has 0 radical (unpaired) electrons. The van der Waals surface area contributed by atoms with Crippen LogP contribution in [0, 0.1) is 0 Å². The van der Waals surface area contributed by atoms with Crippen LogP contribution in [0.5, 0.6) is 0 Å². The Morgan fingerprint density at radius 1 is 1.41 bits per heavy atom. The van der Waals surface area contributed by atoms with Crippen LogP contribution in [0.15, 0.2) is 35.3 Å². The second kappa shape index (κ2) is 4.29. The van der Waals surface area contributed by atoms with E-state index in [0.717, 1.165) is 10.9 Å². The van der Waals surface area contributed by atoms with Gasteiger partial charge in [-0.2, -0.15) is 0 Å². The lowest BCUT2D eigenvalue weighted by Gasteiger charge is -2.14. The fraction of sp³-hybridized carbons (Fsp3) is 0.167. The Bertz CT molecular complexity index is 552. The molecule has 1 heterocycles. The van der Waals surface area contributed by atoms with Gasteiger partial charge in [0.1, 0.15) is 5.69 Å². The minimum atomic E-state index is -0.204. The van der Waals surface area contributed by atoms with Crippen LogP contribution in [0.4, 0.5) is 0 Å². The zero-order valence-corrected chi connectivity index (χ0v) is 9.77. The Kier molecular flexibility index (Phi) is 2.82. The van der Waals surface area contributed by atoms with Crippen LogP contribution in [0.25, 0.3) is 10.9 Å². The third-order valence-electron chi connectivity index (χ3n) is 2.64. The van der Waals surface area contributed by atoms with Crippen molar-refractivity contribution >= 4 is 22.8 Å². The normalized spacial score (nSPS) is 11.8. The molecule has 1 aromatic heterocycles. The standard InChI is InChI=1S/C12H14N4O/c1-14-12(13)16(2)11(17)10-7-8-5-3-4-6-9(8)15-10/h3-7,15H,1-2H3,(H2,13,14). The van der Waals surface area contributed by atoms with Crippen molar-refractivity contribution < 1.29 is 4.79 Å². The number of nitrogens with one attached hydrogen (secondary N) is 1. The summed E-state index contributed by atoms with van der Waals surface area (Å²) in [5, 5.41) is 0.997. The molecule has 2 aromatic rings. The van der Waals surface area contributed by atoms with E-state index >= 15 is 0 Å². The van der Waals surface area contributed by atoms with Gasteiger partial charge in [0.15, 0.2) is 5.96 Å². The molecule has 5 heteroatoms. The Morgan fingerprint density at radius 3 is 2.76 bits per heavy atom. The van der Waals surface area contributed by atoms with Crippen molar-refractivity contribution in [3.8, 4) is 0 Å². The summed E-state index contributed by atoms with van der Waals surface area (Å²) in [6.45, 7) is 0. The smallest absolute Gasteiger partial charge is 0.276 e. The molecule has 0 aliphatic rings. The number of guanidine groups is 1. The number of aliphatic imine (C=N–C) groups is 1. The molecule has 17 heavy (non-hydrogen) atoms. The van der Waals surface area contributed by atoms with Crippen LogP contribution in [0.1, 0.15) is 10.5 Å². The molecule has 0 aliphatic heterocycles. The van der Waals surface area contributed by atoms with Gasteiger partial charge in [-0.15, -0.1) is 0 Å². The van der Waals surface area contributed by atoms with Crippen LogP contribution in [-0.2, 0) is 0 Å². The zero-order valence-electron chi connectivity index (χ0n) is 9.77. The minimum absolute atomic E-state index is 0.189. The number of para-hydroxylation sites is 1. The van der Waals surface area contributed by atoms with Crippen LogP contribution in [0.3, 0.4) is 0 Å². The molecule has 0 fully saturated rings. The van der Waals surface area contributed by atoms with Gasteiger partial charge < -0.3 is 10.7 Å². The van der Waals surface area contributed by atoms with E-state index in [2.05, 4.69) is 9.98 Å². The molecule has 1 aromatic carbocycles. The molecular formula is C12H14N4O. The summed E-state index contributed by atoms with van der Waals surface area (Å²) in [4.78, 5) is 20.2. The van der Waals surface area contributed by atoms with Crippen molar-refractivity contribution in [2.24, 2.45) is 10.7 Å². The predicted molar refractivity (Wildman–Crippen MR) is 67.9 cm³/mol. The Hall–Kier alpha value is -2.30. The SMILES string of the molecule is CN=C(N)N(C)C(=O)c1cc2ccccc2[nH]1. The topological polar surface area (TPSA) is 74.5 Å². The number of aromatic amines is 1. The number of nitrogens with two attached hydrogens (primary N) is 1. The Morgan fingerprint density at radius 2 is 2.12 bits per heavy atom. The molecule has 0 unspecified atom stereocenters. The largest absolute Gasteiger partial charge is 0.369 e. The molecule has 0 atom stereocenters. The van der Waals surface area contributed by atoms with Crippen molar-refractivity contribution in [1.29, 1.82) is 0 Å². The summed E-state index contributed by atoms with van der Waals surface area (Å²) in [6.07, 6.45) is 0. The molecule has 5 nitrogen and oxygen atoms in total. The second-order valence-electron chi connectivity index (χ2n) is 3.72. The van der Waals surface area contributed by atoms with E-state index in [1.54, 1.807) is 20.2 Å². The number of amides is 1. The lowest BCUT2D eigenvalue weighted by atomic mass is 10.2. The molecule has 2 rings (SSSR count). The van der Waals surface area contributed by atoms with Crippen LogP contribution in [0.2, 0.25) is 0 Å². The Balaban J connectivity index is 2.37. The highest BCUT2D eigenvalue weighted by atomic mass is 16.2. The van der Waals surface area contributed by atoms with E-state index in [1.807, 2.05) is 24.3 Å². The molecule has 0 saturated heterocycles. The first-order valence-electron chi connectivity index (χ1n) is 5.21. The van der Waals surface area contributed by atoms with Gasteiger partial charge in [-0.05, 0) is 12.1 Å². The van der Waals surface area contributed by atoms with Gasteiger partial charge in [-0.3, -0.25) is 14.7 Å². The highest BCUT2D eigenvalue weighted by Crippen LogP contribution is 2.15. The summed E-state index contributed by atoms with van der Waals surface area (Å²) in [5.74, 6) is -0.0158. The number of aromatic nitrogens is 1. The van der Waals surface area contributed by atoms with E-state index in [0.29, 0.717) is 5.69 Å². The first kappa shape index (κ1) is 11.2. The fourth-order valence-electron chi connectivity index (χ4n) is 1.62. The number of hydrogen-bond donors (Lipinski definition) is 2.